The zero-order valence-electron chi connectivity index (χ0n) is 8.90. The molecule has 0 aliphatic carbocycles. The molecule has 0 radical (unpaired) electrons. The van der Waals surface area contributed by atoms with Gasteiger partial charge in [0.2, 0.25) is 0 Å². The molecule has 0 aromatic carbocycles. The third kappa shape index (κ3) is 4.11. The van der Waals surface area contributed by atoms with E-state index in [9.17, 15) is 10.1 Å². The molecule has 2 N–H and O–H groups in total. The summed E-state index contributed by atoms with van der Waals surface area (Å²) in [5, 5.41) is 12.4. The monoisotopic (exact) mass is 216 g/mol. The van der Waals surface area contributed by atoms with Crippen molar-refractivity contribution in [3.63, 3.8) is 0 Å². The van der Waals surface area contributed by atoms with E-state index in [2.05, 4.69) is 10.3 Å². The van der Waals surface area contributed by atoms with Crippen LogP contribution >= 0.6 is 0 Å². The number of nitro groups is 1. The van der Waals surface area contributed by atoms with Gasteiger partial charge in [0.15, 0.2) is 5.03 Å². The van der Waals surface area contributed by atoms with Gasteiger partial charge in [0.25, 0.3) is 5.96 Å². The first-order chi connectivity index (χ1) is 7.11. The molecule has 2 unspecified atom stereocenters. The highest BCUT2D eigenvalue weighted by Crippen LogP contribution is 2.17. The van der Waals surface area contributed by atoms with Crippen molar-refractivity contribution in [3.8, 4) is 0 Å². The molecule has 0 spiro atoms. The van der Waals surface area contributed by atoms with E-state index in [1.54, 1.807) is 0 Å². The minimum atomic E-state index is -0.636. The van der Waals surface area contributed by atoms with Crippen LogP contribution in [0.15, 0.2) is 4.99 Å². The van der Waals surface area contributed by atoms with Crippen LogP contribution in [0.3, 0.4) is 0 Å². The van der Waals surface area contributed by atoms with Gasteiger partial charge in [-0.05, 0) is 13.3 Å². The number of nitrogens with one attached hydrogen (secondary N) is 2. The van der Waals surface area contributed by atoms with Gasteiger partial charge in [-0.1, -0.05) is 5.43 Å². The van der Waals surface area contributed by atoms with Crippen LogP contribution in [0.5, 0.6) is 0 Å². The summed E-state index contributed by atoms with van der Waals surface area (Å²) in [6.45, 7) is 3.35. The van der Waals surface area contributed by atoms with Crippen LogP contribution in [0.25, 0.3) is 0 Å². The summed E-state index contributed by atoms with van der Waals surface area (Å²) in [6.07, 6.45) is 1.25. The van der Waals surface area contributed by atoms with Crippen molar-refractivity contribution in [3.05, 3.63) is 10.1 Å². The second-order valence-electron chi connectivity index (χ2n) is 3.57. The molecule has 2 atom stereocenters. The molecule has 0 aromatic heterocycles. The van der Waals surface area contributed by atoms with E-state index in [0.29, 0.717) is 19.1 Å². The highest BCUT2D eigenvalue weighted by molar-refractivity contribution is 5.78. The minimum absolute atomic E-state index is 0.180. The van der Waals surface area contributed by atoms with Gasteiger partial charge in [0, 0.05) is 19.5 Å². The number of hydrazine groups is 1. The first-order valence-corrected chi connectivity index (χ1v) is 4.85. The van der Waals surface area contributed by atoms with Gasteiger partial charge >= 0.3 is 0 Å². The van der Waals surface area contributed by atoms with Crippen molar-refractivity contribution in [2.45, 2.75) is 19.4 Å². The molecule has 0 aromatic rings. The Morgan fingerprint density at radius 1 is 1.73 bits per heavy atom. The molecular weight excluding hydrogens is 200 g/mol. The van der Waals surface area contributed by atoms with Crippen molar-refractivity contribution in [1.82, 2.24) is 10.7 Å². The molecule has 1 fully saturated rings. The van der Waals surface area contributed by atoms with Gasteiger partial charge in [-0.15, -0.1) is 0 Å². The average Bonchev–Trinajstić information content (AvgIpc) is 2.58. The number of guanidine groups is 1. The Hall–Kier alpha value is -1.37. The average molecular weight is 216 g/mol. The second kappa shape index (κ2) is 5.50. The highest BCUT2D eigenvalue weighted by Gasteiger charge is 2.22. The Bertz CT molecular complexity index is 256. The summed E-state index contributed by atoms with van der Waals surface area (Å²) in [7, 11) is 1.49. The van der Waals surface area contributed by atoms with Crippen molar-refractivity contribution >= 4 is 5.96 Å². The molecule has 1 aliphatic heterocycles. The van der Waals surface area contributed by atoms with Crippen molar-refractivity contribution in [1.29, 1.82) is 0 Å². The number of rotatable bonds is 3. The summed E-state index contributed by atoms with van der Waals surface area (Å²) in [5.41, 5.74) is 1.98. The smallest absolute Gasteiger partial charge is 0.253 e. The Morgan fingerprint density at radius 3 is 2.93 bits per heavy atom. The van der Waals surface area contributed by atoms with Crippen LogP contribution in [0.2, 0.25) is 0 Å². The van der Waals surface area contributed by atoms with Crippen LogP contribution in [0.4, 0.5) is 0 Å². The van der Waals surface area contributed by atoms with E-state index >= 15 is 0 Å². The predicted molar refractivity (Wildman–Crippen MR) is 55.0 cm³/mol. The zero-order valence-corrected chi connectivity index (χ0v) is 8.90. The van der Waals surface area contributed by atoms with E-state index < -0.39 is 5.03 Å². The fourth-order valence-electron chi connectivity index (χ4n) is 1.54. The maximum absolute atomic E-state index is 10.2. The molecule has 7 heteroatoms. The summed E-state index contributed by atoms with van der Waals surface area (Å²) < 4.78 is 5.38. The summed E-state index contributed by atoms with van der Waals surface area (Å²) >= 11 is 0. The lowest BCUT2D eigenvalue weighted by Crippen LogP contribution is -2.42. The largest absolute Gasteiger partial charge is 0.378 e. The molecular formula is C8H16N4O3. The lowest BCUT2D eigenvalue weighted by Gasteiger charge is -2.10. The SMILES string of the molecule is CN=C(NCC1COC(C)C1)N[N+](=O)[O-]. The minimum Gasteiger partial charge on any atom is -0.378 e. The van der Waals surface area contributed by atoms with Crippen LogP contribution in [-0.2, 0) is 4.74 Å². The molecule has 0 bridgehead atoms. The molecule has 1 heterocycles. The van der Waals surface area contributed by atoms with E-state index in [-0.39, 0.29) is 12.1 Å². The number of hydrogen-bond acceptors (Lipinski definition) is 4. The van der Waals surface area contributed by atoms with Gasteiger partial charge in [0.1, 0.15) is 0 Å². The third-order valence-corrected chi connectivity index (χ3v) is 2.26. The number of ether oxygens (including phenoxy) is 1. The first-order valence-electron chi connectivity index (χ1n) is 4.85. The number of nitrogens with zero attached hydrogens (tertiary/aromatic N) is 2. The molecule has 0 amide bonds. The van der Waals surface area contributed by atoms with Crippen LogP contribution in [-0.4, -0.2) is 37.3 Å². The van der Waals surface area contributed by atoms with Crippen molar-refractivity contribution in [2.24, 2.45) is 10.9 Å². The first kappa shape index (κ1) is 11.7. The summed E-state index contributed by atoms with van der Waals surface area (Å²) in [5.74, 6) is 0.574. The lowest BCUT2D eigenvalue weighted by molar-refractivity contribution is -0.525. The molecule has 86 valence electrons. The van der Waals surface area contributed by atoms with Crippen molar-refractivity contribution in [2.75, 3.05) is 20.2 Å². The van der Waals surface area contributed by atoms with E-state index in [0.717, 1.165) is 6.42 Å². The topological polar surface area (TPSA) is 88.8 Å². The fraction of sp³-hybridized carbons (Fsp3) is 0.875. The molecule has 1 aliphatic rings. The fourth-order valence-corrected chi connectivity index (χ4v) is 1.54. The van der Waals surface area contributed by atoms with E-state index in [1.807, 2.05) is 12.3 Å². The lowest BCUT2D eigenvalue weighted by atomic mass is 10.1. The van der Waals surface area contributed by atoms with Crippen LogP contribution in [0.1, 0.15) is 13.3 Å². The third-order valence-electron chi connectivity index (χ3n) is 2.26. The number of hydrogen-bond donors (Lipinski definition) is 2. The van der Waals surface area contributed by atoms with Gasteiger partial charge in [-0.25, -0.2) is 10.1 Å². The van der Waals surface area contributed by atoms with Crippen molar-refractivity contribution < 1.29 is 9.77 Å². The van der Waals surface area contributed by atoms with Gasteiger partial charge in [-0.2, -0.15) is 0 Å². The standard InChI is InChI=1S/C8H16N4O3/c1-6-3-7(5-15-6)4-10-8(9-2)11-12(13)14/h6-7H,3-5H2,1-2H3,(H2,9,10,11). The maximum atomic E-state index is 10.2. The number of aliphatic imine (C=N–C) groups is 1. The highest BCUT2D eigenvalue weighted by atomic mass is 16.7. The molecule has 7 nitrogen and oxygen atoms in total. The summed E-state index contributed by atoms with van der Waals surface area (Å²) in [6, 6.07) is 0. The predicted octanol–water partition coefficient (Wildman–Crippen LogP) is -0.232. The van der Waals surface area contributed by atoms with E-state index in [4.69, 9.17) is 4.74 Å². The van der Waals surface area contributed by atoms with Gasteiger partial charge < -0.3 is 10.1 Å². The normalized spacial score (nSPS) is 26.4. The molecule has 1 rings (SSSR count). The zero-order chi connectivity index (χ0) is 11.3. The maximum Gasteiger partial charge on any atom is 0.253 e. The molecule has 15 heavy (non-hydrogen) atoms. The Morgan fingerprint density at radius 2 is 2.47 bits per heavy atom. The Kier molecular flexibility index (Phi) is 4.29. The van der Waals surface area contributed by atoms with Gasteiger partial charge in [0.05, 0.1) is 12.7 Å². The Balaban J connectivity index is 2.26. The summed E-state index contributed by atoms with van der Waals surface area (Å²) in [4.78, 5) is 13.9. The molecule has 1 saturated heterocycles. The quantitative estimate of drug-likeness (QED) is 0.294. The van der Waals surface area contributed by atoms with Gasteiger partial charge in [-0.3, -0.25) is 4.99 Å². The molecule has 0 saturated carbocycles. The Labute approximate surface area is 88.0 Å². The van der Waals surface area contributed by atoms with Crippen LogP contribution < -0.4 is 10.7 Å². The van der Waals surface area contributed by atoms with E-state index in [1.165, 1.54) is 7.05 Å². The second-order valence-corrected chi connectivity index (χ2v) is 3.57. The van der Waals surface area contributed by atoms with Crippen LogP contribution in [0, 0.1) is 16.0 Å².